The molecule has 2 bridgehead atoms. The number of amides is 1. The van der Waals surface area contributed by atoms with Crippen molar-refractivity contribution in [3.8, 4) is 16.9 Å². The van der Waals surface area contributed by atoms with Gasteiger partial charge >= 0.3 is 6.09 Å². The van der Waals surface area contributed by atoms with Crippen LogP contribution >= 0.6 is 0 Å². The van der Waals surface area contributed by atoms with Crippen molar-refractivity contribution in [2.75, 3.05) is 26.2 Å². The number of nitrogens with zero attached hydrogens (tertiary/aromatic N) is 1. The fourth-order valence-corrected chi connectivity index (χ4v) is 5.99. The predicted octanol–water partition coefficient (Wildman–Crippen LogP) is 5.50. The molecule has 176 valence electrons. The van der Waals surface area contributed by atoms with Crippen LogP contribution in [0.2, 0.25) is 0 Å². The Kier molecular flexibility index (Phi) is 5.86. The monoisotopic (exact) mass is 448 g/mol. The molecular weight excluding hydrogens is 412 g/mol. The number of benzene rings is 2. The summed E-state index contributed by atoms with van der Waals surface area (Å²) in [5, 5.41) is 3.23. The molecule has 33 heavy (non-hydrogen) atoms. The van der Waals surface area contributed by atoms with Crippen LogP contribution < -0.4 is 10.1 Å². The lowest BCUT2D eigenvalue weighted by Crippen LogP contribution is -2.53. The summed E-state index contributed by atoms with van der Waals surface area (Å²) in [4.78, 5) is 15.3. The number of carbonyl (C=O) groups excluding carboxylic acids is 1. The number of hydrogen-bond donors (Lipinski definition) is 1. The fourth-order valence-electron chi connectivity index (χ4n) is 5.99. The molecule has 0 aromatic heterocycles. The molecule has 1 amide bonds. The molecule has 2 aromatic rings. The van der Waals surface area contributed by atoms with Crippen molar-refractivity contribution in [1.29, 1.82) is 0 Å². The highest BCUT2D eigenvalue weighted by Crippen LogP contribution is 2.46. The van der Waals surface area contributed by atoms with Gasteiger partial charge in [-0.05, 0) is 97.5 Å². The Morgan fingerprint density at radius 2 is 1.85 bits per heavy atom. The molecule has 0 spiro atoms. The van der Waals surface area contributed by atoms with Gasteiger partial charge in [0, 0.05) is 6.54 Å². The van der Waals surface area contributed by atoms with E-state index in [4.69, 9.17) is 9.47 Å². The lowest BCUT2D eigenvalue weighted by molar-refractivity contribution is -0.0348. The number of ether oxygens (including phenoxy) is 2. The van der Waals surface area contributed by atoms with E-state index >= 15 is 0 Å². The van der Waals surface area contributed by atoms with Crippen molar-refractivity contribution in [3.05, 3.63) is 53.1 Å². The summed E-state index contributed by atoms with van der Waals surface area (Å²) in [5.74, 6) is 1.46. The summed E-state index contributed by atoms with van der Waals surface area (Å²) >= 11 is 0. The second-order valence-electron chi connectivity index (χ2n) is 10.7. The van der Waals surface area contributed by atoms with Crippen LogP contribution in [0.25, 0.3) is 11.1 Å². The van der Waals surface area contributed by atoms with Crippen LogP contribution in [0, 0.1) is 18.3 Å². The topological polar surface area (TPSA) is 50.8 Å². The summed E-state index contributed by atoms with van der Waals surface area (Å²) < 4.78 is 11.6. The molecular formula is C28H36N2O3. The van der Waals surface area contributed by atoms with Crippen molar-refractivity contribution in [2.24, 2.45) is 11.3 Å². The van der Waals surface area contributed by atoms with E-state index in [0.29, 0.717) is 12.5 Å². The number of nitrogens with one attached hydrogen (secondary N) is 1. The van der Waals surface area contributed by atoms with Crippen LogP contribution in [0.3, 0.4) is 0 Å². The smallest absolute Gasteiger partial charge is 0.407 e. The summed E-state index contributed by atoms with van der Waals surface area (Å²) in [6.07, 6.45) is 2.97. The third kappa shape index (κ3) is 4.35. The first-order valence-corrected chi connectivity index (χ1v) is 12.4. The van der Waals surface area contributed by atoms with E-state index in [2.05, 4.69) is 67.4 Å². The zero-order chi connectivity index (χ0) is 23.2. The van der Waals surface area contributed by atoms with Crippen molar-refractivity contribution >= 4 is 6.09 Å². The summed E-state index contributed by atoms with van der Waals surface area (Å²) in [6, 6.07) is 13.0. The second kappa shape index (κ2) is 8.68. The molecule has 1 N–H and O–H groups in total. The van der Waals surface area contributed by atoms with E-state index in [1.807, 2.05) is 6.92 Å². The quantitative estimate of drug-likeness (QED) is 0.656. The van der Waals surface area contributed by atoms with Gasteiger partial charge in [0.1, 0.15) is 11.9 Å². The number of piperidine rings is 3. The molecule has 3 heterocycles. The van der Waals surface area contributed by atoms with Crippen LogP contribution in [-0.4, -0.2) is 43.3 Å². The third-order valence-electron chi connectivity index (χ3n) is 7.81. The summed E-state index contributed by atoms with van der Waals surface area (Å²) in [5.41, 5.74) is 5.98. The Morgan fingerprint density at radius 1 is 1.12 bits per heavy atom. The van der Waals surface area contributed by atoms with Gasteiger partial charge < -0.3 is 14.8 Å². The van der Waals surface area contributed by atoms with Crippen molar-refractivity contribution < 1.29 is 14.3 Å². The molecule has 1 aliphatic carbocycles. The van der Waals surface area contributed by atoms with E-state index in [1.54, 1.807) is 0 Å². The van der Waals surface area contributed by atoms with Gasteiger partial charge in [0.25, 0.3) is 0 Å². The average molecular weight is 449 g/mol. The van der Waals surface area contributed by atoms with Gasteiger partial charge in [0.05, 0.1) is 12.6 Å². The molecule has 5 nitrogen and oxygen atoms in total. The molecule has 3 saturated heterocycles. The number of hydrogen-bond acceptors (Lipinski definition) is 4. The van der Waals surface area contributed by atoms with Gasteiger partial charge in [0.2, 0.25) is 0 Å². The molecule has 3 aliphatic heterocycles. The maximum absolute atomic E-state index is 12.9. The van der Waals surface area contributed by atoms with Crippen LogP contribution in [0.15, 0.2) is 36.4 Å². The lowest BCUT2D eigenvalue weighted by atomic mass is 9.85. The molecule has 3 fully saturated rings. The zero-order valence-electron chi connectivity index (χ0n) is 20.3. The van der Waals surface area contributed by atoms with Gasteiger partial charge in [-0.1, -0.05) is 38.1 Å². The molecule has 0 unspecified atom stereocenters. The highest BCUT2D eigenvalue weighted by molar-refractivity contribution is 5.71. The predicted molar refractivity (Wildman–Crippen MR) is 131 cm³/mol. The van der Waals surface area contributed by atoms with Gasteiger partial charge in [-0.3, -0.25) is 4.90 Å². The SMILES string of the molecule is CCOc1ccc(-c2ccc3c(c2)CC(C)(C)[C@H]3NC(=O)O[C@H]2CN3CCC2CC3)cc1C. The first kappa shape index (κ1) is 22.3. The first-order valence-electron chi connectivity index (χ1n) is 12.4. The van der Waals surface area contributed by atoms with Gasteiger partial charge in [-0.25, -0.2) is 4.79 Å². The van der Waals surface area contributed by atoms with Crippen molar-refractivity contribution in [2.45, 2.75) is 59.1 Å². The van der Waals surface area contributed by atoms with Crippen LogP contribution in [0.1, 0.15) is 56.3 Å². The molecule has 6 rings (SSSR count). The number of alkyl carbamates (subject to hydrolysis) is 1. The van der Waals surface area contributed by atoms with E-state index in [-0.39, 0.29) is 23.7 Å². The first-order chi connectivity index (χ1) is 15.8. The Labute approximate surface area is 197 Å². The van der Waals surface area contributed by atoms with E-state index in [9.17, 15) is 4.79 Å². The highest BCUT2D eigenvalue weighted by Gasteiger charge is 2.42. The zero-order valence-corrected chi connectivity index (χ0v) is 20.3. The van der Waals surface area contributed by atoms with E-state index < -0.39 is 0 Å². The lowest BCUT2D eigenvalue weighted by Gasteiger charge is -2.44. The van der Waals surface area contributed by atoms with Crippen LogP contribution in [0.5, 0.6) is 5.75 Å². The third-order valence-corrected chi connectivity index (χ3v) is 7.81. The molecule has 4 aliphatic rings. The van der Waals surface area contributed by atoms with Crippen LogP contribution in [0.4, 0.5) is 4.79 Å². The van der Waals surface area contributed by atoms with Gasteiger partial charge in [-0.15, -0.1) is 0 Å². The number of carbonyl (C=O) groups is 1. The van der Waals surface area contributed by atoms with E-state index in [1.165, 1.54) is 22.3 Å². The minimum absolute atomic E-state index is 0.0294. The largest absolute Gasteiger partial charge is 0.494 e. The standard InChI is InChI=1S/C28H36N2O3/c1-5-32-24-9-7-20(14-18(24)2)21-6-8-23-22(15-21)16-28(3,4)26(23)29-27(31)33-25-17-30-12-10-19(25)11-13-30/h6-9,14-15,19,25-26H,5,10-13,16-17H2,1-4H3,(H,29,31)/t25-,26-/m0/s1. The second-order valence-corrected chi connectivity index (χ2v) is 10.7. The van der Waals surface area contributed by atoms with E-state index in [0.717, 1.165) is 50.2 Å². The molecule has 2 aromatic carbocycles. The highest BCUT2D eigenvalue weighted by atomic mass is 16.6. The maximum Gasteiger partial charge on any atom is 0.407 e. The molecule has 5 heteroatoms. The Morgan fingerprint density at radius 3 is 2.52 bits per heavy atom. The summed E-state index contributed by atoms with van der Waals surface area (Å²) in [6.45, 7) is 12.4. The minimum atomic E-state index is -0.272. The van der Waals surface area contributed by atoms with Gasteiger partial charge in [0.15, 0.2) is 0 Å². The molecule has 0 radical (unpaired) electrons. The van der Waals surface area contributed by atoms with Crippen molar-refractivity contribution in [1.82, 2.24) is 10.2 Å². The van der Waals surface area contributed by atoms with Gasteiger partial charge in [-0.2, -0.15) is 0 Å². The fraction of sp³-hybridized carbons (Fsp3) is 0.536. The average Bonchev–Trinajstić information content (AvgIpc) is 3.04. The molecule has 0 saturated carbocycles. The van der Waals surface area contributed by atoms with Crippen molar-refractivity contribution in [3.63, 3.8) is 0 Å². The van der Waals surface area contributed by atoms with Crippen LogP contribution in [-0.2, 0) is 11.2 Å². The number of fused-ring (bicyclic) bond motifs is 4. The Balaban J connectivity index is 1.32. The Hall–Kier alpha value is -2.53. The molecule has 2 atom stereocenters. The number of aryl methyl sites for hydroxylation is 1. The minimum Gasteiger partial charge on any atom is -0.494 e. The summed E-state index contributed by atoms with van der Waals surface area (Å²) in [7, 11) is 0. The Bertz CT molecular complexity index is 1040. The maximum atomic E-state index is 12.9. The number of rotatable bonds is 5. The normalized spacial score (nSPS) is 27.2.